The summed E-state index contributed by atoms with van der Waals surface area (Å²) in [5.41, 5.74) is 8.77. The van der Waals surface area contributed by atoms with Crippen LogP contribution in [0.5, 0.6) is 5.75 Å². The van der Waals surface area contributed by atoms with E-state index in [4.69, 9.17) is 5.73 Å². The Labute approximate surface area is 162 Å². The lowest BCUT2D eigenvalue weighted by atomic mass is 10.0. The van der Waals surface area contributed by atoms with Gasteiger partial charge in [0.05, 0.1) is 6.04 Å². The van der Waals surface area contributed by atoms with E-state index < -0.39 is 18.0 Å². The number of likely N-dealkylation sites (N-methyl/N-ethyl adjacent to an activating group) is 1. The predicted octanol–water partition coefficient (Wildman–Crippen LogP) is 1.22. The standard InChI is InChI=1S/C21H24N4O3/c1-23-21(28)19(11-14-12-24-18-5-3-2-4-16(14)18)25-20(27)17(22)10-13-6-8-15(26)9-7-13/h2-9,12,17,19,24,26H,10-11,22H2,1H3,(H,23,28)(H,25,27)/t17-,19+/m0/s1. The second-order valence-electron chi connectivity index (χ2n) is 6.72. The number of aromatic hydroxyl groups is 1. The van der Waals surface area contributed by atoms with Crippen LogP contribution in [0.2, 0.25) is 0 Å². The molecule has 2 amide bonds. The Morgan fingerprint density at radius 1 is 1.07 bits per heavy atom. The van der Waals surface area contributed by atoms with Gasteiger partial charge in [-0.05, 0) is 35.7 Å². The summed E-state index contributed by atoms with van der Waals surface area (Å²) >= 11 is 0. The van der Waals surface area contributed by atoms with Crippen molar-refractivity contribution in [1.82, 2.24) is 15.6 Å². The van der Waals surface area contributed by atoms with Crippen LogP contribution in [0.1, 0.15) is 11.1 Å². The number of carbonyl (C=O) groups excluding carboxylic acids is 2. The molecule has 0 radical (unpaired) electrons. The summed E-state index contributed by atoms with van der Waals surface area (Å²) in [6, 6.07) is 12.8. The zero-order chi connectivity index (χ0) is 20.1. The maximum atomic E-state index is 12.6. The lowest BCUT2D eigenvalue weighted by Gasteiger charge is -2.20. The minimum atomic E-state index is -0.806. The molecule has 0 aliphatic carbocycles. The van der Waals surface area contributed by atoms with Gasteiger partial charge in [0.1, 0.15) is 11.8 Å². The summed E-state index contributed by atoms with van der Waals surface area (Å²) in [7, 11) is 1.53. The Morgan fingerprint density at radius 2 is 1.79 bits per heavy atom. The smallest absolute Gasteiger partial charge is 0.242 e. The molecule has 0 unspecified atom stereocenters. The third-order valence-corrected chi connectivity index (χ3v) is 4.71. The Kier molecular flexibility index (Phi) is 5.96. The van der Waals surface area contributed by atoms with Gasteiger partial charge in [0.15, 0.2) is 0 Å². The van der Waals surface area contributed by atoms with Gasteiger partial charge in [-0.2, -0.15) is 0 Å². The van der Waals surface area contributed by atoms with E-state index in [-0.39, 0.29) is 11.7 Å². The van der Waals surface area contributed by atoms with E-state index in [0.29, 0.717) is 12.8 Å². The first kappa shape index (κ1) is 19.4. The molecule has 3 rings (SSSR count). The van der Waals surface area contributed by atoms with Crippen molar-refractivity contribution in [3.8, 4) is 5.75 Å². The van der Waals surface area contributed by atoms with E-state index in [1.54, 1.807) is 24.3 Å². The number of amides is 2. The van der Waals surface area contributed by atoms with E-state index in [1.807, 2.05) is 30.5 Å². The van der Waals surface area contributed by atoms with Crippen LogP contribution in [0.25, 0.3) is 10.9 Å². The molecule has 0 spiro atoms. The highest BCUT2D eigenvalue weighted by Gasteiger charge is 2.24. The Hall–Kier alpha value is -3.32. The van der Waals surface area contributed by atoms with Crippen LogP contribution >= 0.6 is 0 Å². The van der Waals surface area contributed by atoms with Crippen LogP contribution < -0.4 is 16.4 Å². The highest BCUT2D eigenvalue weighted by atomic mass is 16.3. The van der Waals surface area contributed by atoms with E-state index in [1.165, 1.54) is 7.05 Å². The number of aromatic nitrogens is 1. The second-order valence-corrected chi connectivity index (χ2v) is 6.72. The Balaban J connectivity index is 1.70. The van der Waals surface area contributed by atoms with Gasteiger partial charge in [-0.1, -0.05) is 30.3 Å². The number of hydrogen-bond acceptors (Lipinski definition) is 4. The molecular weight excluding hydrogens is 356 g/mol. The first-order valence-electron chi connectivity index (χ1n) is 9.08. The second kappa shape index (κ2) is 8.58. The summed E-state index contributed by atoms with van der Waals surface area (Å²) in [5.74, 6) is -0.530. The molecule has 0 saturated heterocycles. The molecule has 6 N–H and O–H groups in total. The van der Waals surface area contributed by atoms with Crippen molar-refractivity contribution in [2.75, 3.05) is 7.05 Å². The SMILES string of the molecule is CNC(=O)[C@@H](Cc1c[nH]c2ccccc12)NC(=O)[C@@H](N)Cc1ccc(O)cc1. The van der Waals surface area contributed by atoms with Crippen molar-refractivity contribution in [3.63, 3.8) is 0 Å². The minimum Gasteiger partial charge on any atom is -0.508 e. The van der Waals surface area contributed by atoms with Crippen molar-refractivity contribution in [2.24, 2.45) is 5.73 Å². The van der Waals surface area contributed by atoms with E-state index in [0.717, 1.165) is 22.0 Å². The average molecular weight is 380 g/mol. The molecule has 7 heteroatoms. The lowest BCUT2D eigenvalue weighted by Crippen LogP contribution is -2.52. The van der Waals surface area contributed by atoms with Gasteiger partial charge in [0.2, 0.25) is 11.8 Å². The third kappa shape index (κ3) is 4.50. The number of para-hydroxylation sites is 1. The van der Waals surface area contributed by atoms with Gasteiger partial charge in [-0.25, -0.2) is 0 Å². The molecular formula is C21H24N4O3. The number of carbonyl (C=O) groups is 2. The highest BCUT2D eigenvalue weighted by molar-refractivity contribution is 5.91. The van der Waals surface area contributed by atoms with Gasteiger partial charge in [0.25, 0.3) is 0 Å². The number of H-pyrrole nitrogens is 1. The van der Waals surface area contributed by atoms with Gasteiger partial charge in [0, 0.05) is 30.6 Å². The van der Waals surface area contributed by atoms with Crippen LogP contribution in [0.3, 0.4) is 0 Å². The zero-order valence-electron chi connectivity index (χ0n) is 15.6. The van der Waals surface area contributed by atoms with Gasteiger partial charge < -0.3 is 26.5 Å². The van der Waals surface area contributed by atoms with Crippen molar-refractivity contribution < 1.29 is 14.7 Å². The number of aromatic amines is 1. The summed E-state index contributed by atoms with van der Waals surface area (Å²) in [6.45, 7) is 0. The molecule has 2 atom stereocenters. The van der Waals surface area contributed by atoms with Gasteiger partial charge in [-0.3, -0.25) is 9.59 Å². The summed E-state index contributed by atoms with van der Waals surface area (Å²) in [4.78, 5) is 28.1. The molecule has 0 bridgehead atoms. The maximum Gasteiger partial charge on any atom is 0.242 e. The summed E-state index contributed by atoms with van der Waals surface area (Å²) in [6.07, 6.45) is 2.50. The molecule has 146 valence electrons. The molecule has 0 aliphatic rings. The lowest BCUT2D eigenvalue weighted by molar-refractivity contribution is -0.129. The number of fused-ring (bicyclic) bond motifs is 1. The first-order valence-corrected chi connectivity index (χ1v) is 9.08. The molecule has 7 nitrogen and oxygen atoms in total. The number of hydrogen-bond donors (Lipinski definition) is 5. The van der Waals surface area contributed by atoms with Crippen LogP contribution in [-0.2, 0) is 22.4 Å². The van der Waals surface area contributed by atoms with Crippen molar-refractivity contribution in [1.29, 1.82) is 0 Å². The van der Waals surface area contributed by atoms with Crippen LogP contribution in [0.15, 0.2) is 54.7 Å². The van der Waals surface area contributed by atoms with Gasteiger partial charge in [-0.15, -0.1) is 0 Å². The predicted molar refractivity (Wildman–Crippen MR) is 108 cm³/mol. The molecule has 1 aromatic heterocycles. The topological polar surface area (TPSA) is 120 Å². The highest BCUT2D eigenvalue weighted by Crippen LogP contribution is 2.19. The number of benzene rings is 2. The Bertz CT molecular complexity index is 965. The first-order chi connectivity index (χ1) is 13.5. The quantitative estimate of drug-likeness (QED) is 0.423. The molecule has 0 aliphatic heterocycles. The molecule has 0 saturated carbocycles. The molecule has 28 heavy (non-hydrogen) atoms. The molecule has 0 fully saturated rings. The number of rotatable bonds is 7. The summed E-state index contributed by atoms with van der Waals surface area (Å²) in [5, 5.41) is 15.7. The summed E-state index contributed by atoms with van der Waals surface area (Å²) < 4.78 is 0. The zero-order valence-corrected chi connectivity index (χ0v) is 15.6. The van der Waals surface area contributed by atoms with E-state index in [9.17, 15) is 14.7 Å². The average Bonchev–Trinajstić information content (AvgIpc) is 3.11. The molecule has 1 heterocycles. The minimum absolute atomic E-state index is 0.153. The number of phenolic OH excluding ortho intramolecular Hbond substituents is 1. The van der Waals surface area contributed by atoms with Crippen LogP contribution in [0.4, 0.5) is 0 Å². The normalized spacial score (nSPS) is 13.1. The molecule has 3 aromatic rings. The van der Waals surface area contributed by atoms with Crippen molar-refractivity contribution >= 4 is 22.7 Å². The van der Waals surface area contributed by atoms with Gasteiger partial charge >= 0.3 is 0 Å². The number of nitrogens with two attached hydrogens (primary N) is 1. The third-order valence-electron chi connectivity index (χ3n) is 4.71. The molecule has 2 aromatic carbocycles. The van der Waals surface area contributed by atoms with Crippen molar-refractivity contribution in [3.05, 3.63) is 65.9 Å². The fraction of sp³-hybridized carbons (Fsp3) is 0.238. The van der Waals surface area contributed by atoms with Crippen molar-refractivity contribution in [2.45, 2.75) is 24.9 Å². The maximum absolute atomic E-state index is 12.6. The fourth-order valence-electron chi connectivity index (χ4n) is 3.16. The number of nitrogens with one attached hydrogen (secondary N) is 3. The van der Waals surface area contributed by atoms with Crippen LogP contribution in [-0.4, -0.2) is 41.0 Å². The number of phenols is 1. The fourth-order valence-corrected chi connectivity index (χ4v) is 3.16. The largest absolute Gasteiger partial charge is 0.508 e. The van der Waals surface area contributed by atoms with Crippen LogP contribution in [0, 0.1) is 0 Å². The van der Waals surface area contributed by atoms with E-state index >= 15 is 0 Å². The Morgan fingerprint density at radius 3 is 2.50 bits per heavy atom. The van der Waals surface area contributed by atoms with E-state index in [2.05, 4.69) is 15.6 Å². The monoisotopic (exact) mass is 380 g/mol.